The molecule has 0 aliphatic carbocycles. The van der Waals surface area contributed by atoms with Crippen molar-refractivity contribution in [2.45, 2.75) is 71.1 Å². The molecule has 0 spiro atoms. The summed E-state index contributed by atoms with van der Waals surface area (Å²) in [4.78, 5) is 10.9. The molecule has 3 fully saturated rings. The van der Waals surface area contributed by atoms with E-state index in [1.165, 1.54) is 32.2 Å². The molecule has 3 N–H and O–H groups in total. The summed E-state index contributed by atoms with van der Waals surface area (Å²) in [6.45, 7) is 10.3. The van der Waals surface area contributed by atoms with Crippen LogP contribution in [-0.2, 0) is 4.84 Å². The molecule has 0 aromatic carbocycles. The number of nitrogens with one attached hydrogen (secondary N) is 3. The number of likely N-dealkylation sites (tertiary alicyclic amines) is 1. The minimum Gasteiger partial charge on any atom is -0.301 e. The van der Waals surface area contributed by atoms with Gasteiger partial charge in [-0.15, -0.1) is 0 Å². The van der Waals surface area contributed by atoms with Crippen LogP contribution in [0.15, 0.2) is 0 Å². The summed E-state index contributed by atoms with van der Waals surface area (Å²) in [5, 5.41) is 7.38. The van der Waals surface area contributed by atoms with Gasteiger partial charge in [-0.2, -0.15) is 5.48 Å². The number of hydrogen-bond acceptors (Lipinski definition) is 6. The second-order valence-electron chi connectivity index (χ2n) is 9.27. The molecule has 0 aromatic rings. The highest BCUT2D eigenvalue weighted by atomic mass is 16.7. The molecule has 0 saturated carbocycles. The van der Waals surface area contributed by atoms with E-state index in [1.54, 1.807) is 0 Å². The van der Waals surface area contributed by atoms with Crippen molar-refractivity contribution < 1.29 is 4.84 Å². The summed E-state index contributed by atoms with van der Waals surface area (Å²) in [5.41, 5.74) is 3.63. The SMILES string of the molecule is CN(C)C1CCC(C2NOC(C3CCCN3CC(C)(C)C)N2)CN1. The predicted octanol–water partition coefficient (Wildman–Crippen LogP) is 1.16. The van der Waals surface area contributed by atoms with E-state index in [9.17, 15) is 0 Å². The Kier molecular flexibility index (Phi) is 5.84. The van der Waals surface area contributed by atoms with Crippen molar-refractivity contribution in [3.05, 3.63) is 0 Å². The van der Waals surface area contributed by atoms with Gasteiger partial charge < -0.3 is 5.32 Å². The fraction of sp³-hybridized carbons (Fsp3) is 1.00. The monoisotopic (exact) mass is 339 g/mol. The van der Waals surface area contributed by atoms with Gasteiger partial charge in [-0.25, -0.2) is 0 Å². The summed E-state index contributed by atoms with van der Waals surface area (Å²) in [5.74, 6) is 0.587. The maximum Gasteiger partial charge on any atom is 0.146 e. The summed E-state index contributed by atoms with van der Waals surface area (Å²) in [6, 6.07) is 0.493. The number of hydroxylamine groups is 1. The Balaban J connectivity index is 1.50. The fourth-order valence-electron chi connectivity index (χ4n) is 4.40. The van der Waals surface area contributed by atoms with Crippen molar-refractivity contribution >= 4 is 0 Å². The van der Waals surface area contributed by atoms with Crippen LogP contribution in [-0.4, -0.2) is 68.1 Å². The van der Waals surface area contributed by atoms with E-state index in [-0.39, 0.29) is 12.4 Å². The lowest BCUT2D eigenvalue weighted by atomic mass is 9.94. The molecule has 6 nitrogen and oxygen atoms in total. The van der Waals surface area contributed by atoms with Gasteiger partial charge in [0, 0.05) is 19.0 Å². The molecule has 5 unspecified atom stereocenters. The van der Waals surface area contributed by atoms with Gasteiger partial charge in [0.15, 0.2) is 0 Å². The minimum atomic E-state index is 0.117. The van der Waals surface area contributed by atoms with Gasteiger partial charge in [0.2, 0.25) is 0 Å². The van der Waals surface area contributed by atoms with Crippen LogP contribution in [0.5, 0.6) is 0 Å². The minimum absolute atomic E-state index is 0.117. The lowest BCUT2D eigenvalue weighted by molar-refractivity contribution is -0.0288. The van der Waals surface area contributed by atoms with E-state index in [1.807, 2.05) is 0 Å². The lowest BCUT2D eigenvalue weighted by Gasteiger charge is -2.36. The molecule has 3 saturated heterocycles. The van der Waals surface area contributed by atoms with E-state index in [0.29, 0.717) is 23.5 Å². The molecule has 6 heteroatoms. The van der Waals surface area contributed by atoms with E-state index < -0.39 is 0 Å². The molecule has 0 bridgehead atoms. The van der Waals surface area contributed by atoms with Gasteiger partial charge in [-0.3, -0.25) is 20.0 Å². The molecule has 140 valence electrons. The van der Waals surface area contributed by atoms with Crippen LogP contribution in [0.3, 0.4) is 0 Å². The zero-order valence-electron chi connectivity index (χ0n) is 16.1. The largest absolute Gasteiger partial charge is 0.301 e. The second kappa shape index (κ2) is 7.56. The van der Waals surface area contributed by atoms with Crippen molar-refractivity contribution in [3.63, 3.8) is 0 Å². The van der Waals surface area contributed by atoms with Crippen molar-refractivity contribution in [1.82, 2.24) is 25.9 Å². The molecule has 3 aliphatic rings. The van der Waals surface area contributed by atoms with E-state index in [0.717, 1.165) is 13.1 Å². The van der Waals surface area contributed by atoms with Crippen molar-refractivity contribution in [3.8, 4) is 0 Å². The van der Waals surface area contributed by atoms with Crippen molar-refractivity contribution in [2.24, 2.45) is 11.3 Å². The Hall–Kier alpha value is -0.240. The summed E-state index contributed by atoms with van der Waals surface area (Å²) >= 11 is 0. The van der Waals surface area contributed by atoms with E-state index in [4.69, 9.17) is 4.84 Å². The topological polar surface area (TPSA) is 51.8 Å². The molecule has 24 heavy (non-hydrogen) atoms. The molecule has 0 aromatic heterocycles. The van der Waals surface area contributed by atoms with Gasteiger partial charge in [0.25, 0.3) is 0 Å². The van der Waals surface area contributed by atoms with Crippen LogP contribution in [0.1, 0.15) is 46.5 Å². The van der Waals surface area contributed by atoms with Gasteiger partial charge in [0.1, 0.15) is 6.23 Å². The molecule has 3 heterocycles. The first kappa shape index (κ1) is 18.5. The average molecular weight is 340 g/mol. The highest BCUT2D eigenvalue weighted by Crippen LogP contribution is 2.28. The Bertz CT molecular complexity index is 403. The van der Waals surface area contributed by atoms with Gasteiger partial charge in [-0.05, 0) is 51.7 Å². The third kappa shape index (κ3) is 4.48. The van der Waals surface area contributed by atoms with Gasteiger partial charge in [-0.1, -0.05) is 20.8 Å². The third-order valence-corrected chi connectivity index (χ3v) is 5.63. The molecule has 3 rings (SSSR count). The molecular formula is C18H37N5O. The van der Waals surface area contributed by atoms with Crippen LogP contribution in [0.2, 0.25) is 0 Å². The first-order valence-corrected chi connectivity index (χ1v) is 9.64. The lowest BCUT2D eigenvalue weighted by Crippen LogP contribution is -2.54. The maximum absolute atomic E-state index is 5.98. The summed E-state index contributed by atoms with van der Waals surface area (Å²) in [6.07, 6.45) is 5.83. The Morgan fingerprint density at radius 3 is 2.58 bits per heavy atom. The highest BCUT2D eigenvalue weighted by molar-refractivity contribution is 4.92. The van der Waals surface area contributed by atoms with Gasteiger partial charge in [0.05, 0.1) is 18.4 Å². The Labute approximate surface area is 147 Å². The fourth-order valence-corrected chi connectivity index (χ4v) is 4.40. The molecule has 5 atom stereocenters. The Morgan fingerprint density at radius 2 is 1.96 bits per heavy atom. The van der Waals surface area contributed by atoms with Crippen LogP contribution in [0.25, 0.3) is 0 Å². The number of rotatable bonds is 4. The van der Waals surface area contributed by atoms with Crippen molar-refractivity contribution in [1.29, 1.82) is 0 Å². The quantitative estimate of drug-likeness (QED) is 0.715. The van der Waals surface area contributed by atoms with Crippen molar-refractivity contribution in [2.75, 3.05) is 33.7 Å². The molecule has 3 aliphatic heterocycles. The van der Waals surface area contributed by atoms with Crippen LogP contribution in [0, 0.1) is 11.3 Å². The third-order valence-electron chi connectivity index (χ3n) is 5.63. The number of nitrogens with zero attached hydrogens (tertiary/aromatic N) is 2. The average Bonchev–Trinajstić information content (AvgIpc) is 3.14. The van der Waals surface area contributed by atoms with Crippen LogP contribution >= 0.6 is 0 Å². The smallest absolute Gasteiger partial charge is 0.146 e. The summed E-state index contributed by atoms with van der Waals surface area (Å²) < 4.78 is 0. The highest BCUT2D eigenvalue weighted by Gasteiger charge is 2.41. The number of hydrogen-bond donors (Lipinski definition) is 3. The number of piperidine rings is 1. The predicted molar refractivity (Wildman–Crippen MR) is 97.2 cm³/mol. The Morgan fingerprint density at radius 1 is 1.17 bits per heavy atom. The molecular weight excluding hydrogens is 302 g/mol. The van der Waals surface area contributed by atoms with Crippen LogP contribution in [0.4, 0.5) is 0 Å². The summed E-state index contributed by atoms with van der Waals surface area (Å²) in [7, 11) is 4.29. The first-order valence-electron chi connectivity index (χ1n) is 9.64. The molecule has 0 radical (unpaired) electrons. The zero-order valence-corrected chi connectivity index (χ0v) is 16.1. The van der Waals surface area contributed by atoms with E-state index >= 15 is 0 Å². The standard InChI is InChI=1S/C18H37N5O/c1-18(2,3)12-23-10-6-7-14(23)17-20-16(21-24-17)13-8-9-15(19-11-13)22(4)5/h13-17,19-21H,6-12H2,1-5H3. The molecule has 0 amide bonds. The zero-order chi connectivity index (χ0) is 17.3. The second-order valence-corrected chi connectivity index (χ2v) is 9.27. The first-order chi connectivity index (χ1) is 11.3. The maximum atomic E-state index is 5.98. The van der Waals surface area contributed by atoms with Gasteiger partial charge >= 0.3 is 0 Å². The van der Waals surface area contributed by atoms with E-state index in [2.05, 4.69) is 60.8 Å². The van der Waals surface area contributed by atoms with Crippen LogP contribution < -0.4 is 16.1 Å². The normalized spacial score (nSPS) is 39.0.